The summed E-state index contributed by atoms with van der Waals surface area (Å²) in [6, 6.07) is 38.5. The van der Waals surface area contributed by atoms with Gasteiger partial charge in [-0.25, -0.2) is 9.59 Å². The van der Waals surface area contributed by atoms with Crippen LogP contribution in [-0.4, -0.2) is 34.0 Å². The molecule has 0 aromatic heterocycles. The Kier molecular flexibility index (Phi) is 10.8. The first-order valence-corrected chi connectivity index (χ1v) is 16.8. The first-order chi connectivity index (χ1) is 25.0. The van der Waals surface area contributed by atoms with E-state index >= 15 is 0 Å². The van der Waals surface area contributed by atoms with E-state index in [1.807, 2.05) is 60.7 Å². The van der Waals surface area contributed by atoms with Crippen molar-refractivity contribution >= 4 is 58.3 Å². The smallest absolute Gasteiger partial charge is 0.336 e. The minimum Gasteiger partial charge on any atom is -0.478 e. The molecule has 4 N–H and O–H groups in total. The number of hydrogen-bond acceptors (Lipinski definition) is 4. The Morgan fingerprint density at radius 3 is 1.17 bits per heavy atom. The van der Waals surface area contributed by atoms with Crippen LogP contribution in [0.25, 0.3) is 11.1 Å². The monoisotopic (exact) mass is 728 g/mol. The minimum absolute atomic E-state index is 0.00360. The molecule has 0 bridgehead atoms. The highest BCUT2D eigenvalue weighted by atomic mass is 35.5. The van der Waals surface area contributed by atoms with Crippen LogP contribution in [0.4, 0.5) is 11.4 Å². The van der Waals surface area contributed by atoms with Crippen molar-refractivity contribution in [3.8, 4) is 11.1 Å². The Labute approximate surface area is 309 Å². The number of nitrogens with one attached hydrogen (secondary N) is 2. The number of carboxylic acid groups (broad SMARTS) is 2. The number of hydrogen-bond donors (Lipinski definition) is 4. The predicted octanol–water partition coefficient (Wildman–Crippen LogP) is 9.74. The Bertz CT molecular complexity index is 2160. The van der Waals surface area contributed by atoms with Crippen molar-refractivity contribution in [2.75, 3.05) is 10.6 Å². The Balaban J connectivity index is 1.18. The van der Waals surface area contributed by atoms with Gasteiger partial charge in [0, 0.05) is 0 Å². The largest absolute Gasteiger partial charge is 0.478 e. The van der Waals surface area contributed by atoms with Crippen molar-refractivity contribution in [2.24, 2.45) is 0 Å². The van der Waals surface area contributed by atoms with Crippen molar-refractivity contribution in [2.45, 2.75) is 12.8 Å². The standard InChI is InChI=1S/C42H30Cl2N2O6/c43-35-23-29(13-17-37(35)45-39(47)33-21-27(11-15-31(33)41(49)50)19-25-7-3-1-4-8-25)30-14-18-38(36(44)24-30)46-40(48)34-22-28(12-16-32(34)42(51)52)20-26-9-5-2-6-10-26/h1-18,21-24H,19-20H2,(H,45,47)(H,46,48)(H,49,50)(H,51,52). The third-order valence-corrected chi connectivity index (χ3v) is 9.01. The van der Waals surface area contributed by atoms with Crippen molar-refractivity contribution in [1.29, 1.82) is 0 Å². The summed E-state index contributed by atoms with van der Waals surface area (Å²) in [6.07, 6.45) is 1.04. The average molecular weight is 730 g/mol. The Morgan fingerprint density at radius 1 is 0.442 bits per heavy atom. The third kappa shape index (κ3) is 8.38. The average Bonchev–Trinajstić information content (AvgIpc) is 3.13. The van der Waals surface area contributed by atoms with Gasteiger partial charge in [-0.2, -0.15) is 0 Å². The molecule has 0 saturated heterocycles. The molecule has 6 aromatic rings. The molecule has 0 aliphatic carbocycles. The van der Waals surface area contributed by atoms with E-state index in [2.05, 4.69) is 10.6 Å². The lowest BCUT2D eigenvalue weighted by Crippen LogP contribution is -2.17. The molecule has 0 aliphatic rings. The van der Waals surface area contributed by atoms with Gasteiger partial charge in [-0.1, -0.05) is 108 Å². The molecule has 6 aromatic carbocycles. The summed E-state index contributed by atoms with van der Waals surface area (Å²) in [6.45, 7) is 0. The molecular formula is C42H30Cl2N2O6. The maximum atomic E-state index is 13.4. The van der Waals surface area contributed by atoms with Crippen molar-refractivity contribution in [3.05, 3.63) is 188 Å². The molecule has 0 heterocycles. The van der Waals surface area contributed by atoms with Gasteiger partial charge < -0.3 is 20.8 Å². The summed E-state index contributed by atoms with van der Waals surface area (Å²) in [5, 5.41) is 25.4. The van der Waals surface area contributed by atoms with E-state index < -0.39 is 23.8 Å². The van der Waals surface area contributed by atoms with Gasteiger partial charge in [-0.3, -0.25) is 9.59 Å². The number of carbonyl (C=O) groups is 4. The number of amides is 2. The van der Waals surface area contributed by atoms with Gasteiger partial charge in [0.2, 0.25) is 0 Å². The number of rotatable bonds is 11. The maximum absolute atomic E-state index is 13.4. The zero-order chi connectivity index (χ0) is 36.8. The fourth-order valence-electron chi connectivity index (χ4n) is 5.79. The molecule has 6 rings (SSSR count). The summed E-state index contributed by atoms with van der Waals surface area (Å²) in [7, 11) is 0. The van der Waals surface area contributed by atoms with Crippen molar-refractivity contribution < 1.29 is 29.4 Å². The Hall–Kier alpha value is -6.22. The predicted molar refractivity (Wildman–Crippen MR) is 203 cm³/mol. The molecule has 2 amide bonds. The van der Waals surface area contributed by atoms with Gasteiger partial charge in [0.15, 0.2) is 0 Å². The van der Waals surface area contributed by atoms with Crippen LogP contribution < -0.4 is 10.6 Å². The summed E-state index contributed by atoms with van der Waals surface area (Å²) >= 11 is 13.2. The van der Waals surface area contributed by atoms with Gasteiger partial charge >= 0.3 is 11.9 Å². The number of benzene rings is 6. The zero-order valence-electron chi connectivity index (χ0n) is 27.4. The van der Waals surface area contributed by atoms with E-state index in [0.717, 1.165) is 22.3 Å². The zero-order valence-corrected chi connectivity index (χ0v) is 28.9. The highest BCUT2D eigenvalue weighted by Gasteiger charge is 2.21. The normalized spacial score (nSPS) is 10.7. The van der Waals surface area contributed by atoms with E-state index in [-0.39, 0.29) is 43.7 Å². The van der Waals surface area contributed by atoms with Crippen LogP contribution in [0, 0.1) is 0 Å². The van der Waals surface area contributed by atoms with Crippen molar-refractivity contribution in [3.63, 3.8) is 0 Å². The second-order valence-corrected chi connectivity index (χ2v) is 12.8. The SMILES string of the molecule is O=C(O)c1ccc(Cc2ccccc2)cc1C(=O)Nc1ccc(-c2ccc(NC(=O)c3cc(Cc4ccccc4)ccc3C(=O)O)c(Cl)c2)cc1Cl. The molecule has 0 saturated carbocycles. The number of carbonyl (C=O) groups excluding carboxylic acids is 2. The van der Waals surface area contributed by atoms with E-state index in [1.54, 1.807) is 60.7 Å². The Morgan fingerprint density at radius 2 is 0.827 bits per heavy atom. The highest BCUT2D eigenvalue weighted by Crippen LogP contribution is 2.33. The summed E-state index contributed by atoms with van der Waals surface area (Å²) < 4.78 is 0. The van der Waals surface area contributed by atoms with Crippen molar-refractivity contribution in [1.82, 2.24) is 0 Å². The van der Waals surface area contributed by atoms with Gasteiger partial charge in [-0.15, -0.1) is 0 Å². The maximum Gasteiger partial charge on any atom is 0.336 e. The molecular weight excluding hydrogens is 699 g/mol. The summed E-state index contributed by atoms with van der Waals surface area (Å²) in [5.74, 6) is -3.70. The quantitative estimate of drug-likeness (QED) is 0.105. The molecule has 0 radical (unpaired) electrons. The van der Waals surface area contributed by atoms with Crippen LogP contribution in [0.3, 0.4) is 0 Å². The van der Waals surface area contributed by atoms with Crippen LogP contribution in [0.15, 0.2) is 133 Å². The topological polar surface area (TPSA) is 133 Å². The first-order valence-electron chi connectivity index (χ1n) is 16.1. The van der Waals surface area contributed by atoms with E-state index in [0.29, 0.717) is 24.0 Å². The van der Waals surface area contributed by atoms with E-state index in [1.165, 1.54) is 12.1 Å². The van der Waals surface area contributed by atoms with Crippen LogP contribution in [0.5, 0.6) is 0 Å². The van der Waals surface area contributed by atoms with Gasteiger partial charge in [0.05, 0.1) is 43.7 Å². The lowest BCUT2D eigenvalue weighted by atomic mass is 9.98. The number of anilines is 2. The third-order valence-electron chi connectivity index (χ3n) is 8.39. The lowest BCUT2D eigenvalue weighted by Gasteiger charge is -2.14. The van der Waals surface area contributed by atoms with Gasteiger partial charge in [-0.05, 0) is 94.8 Å². The van der Waals surface area contributed by atoms with Crippen LogP contribution in [0.1, 0.15) is 63.7 Å². The van der Waals surface area contributed by atoms with Crippen LogP contribution >= 0.6 is 23.2 Å². The van der Waals surface area contributed by atoms with Gasteiger partial charge in [0.25, 0.3) is 11.8 Å². The molecule has 10 heteroatoms. The molecule has 8 nitrogen and oxygen atoms in total. The molecule has 52 heavy (non-hydrogen) atoms. The van der Waals surface area contributed by atoms with Crippen LogP contribution in [0.2, 0.25) is 10.0 Å². The number of halogens is 2. The lowest BCUT2D eigenvalue weighted by molar-refractivity contribution is 0.0683. The molecule has 258 valence electrons. The van der Waals surface area contributed by atoms with E-state index in [9.17, 15) is 29.4 Å². The summed E-state index contributed by atoms with van der Waals surface area (Å²) in [5.41, 5.74) is 5.18. The van der Waals surface area contributed by atoms with E-state index in [4.69, 9.17) is 23.2 Å². The first kappa shape index (κ1) is 35.6. The molecule has 0 atom stereocenters. The van der Waals surface area contributed by atoms with Gasteiger partial charge in [0.1, 0.15) is 0 Å². The second-order valence-electron chi connectivity index (χ2n) is 12.0. The molecule has 0 aliphatic heterocycles. The molecule has 0 spiro atoms. The highest BCUT2D eigenvalue weighted by molar-refractivity contribution is 6.35. The molecule has 0 unspecified atom stereocenters. The molecule has 0 fully saturated rings. The minimum atomic E-state index is -1.23. The fraction of sp³-hybridized carbons (Fsp3) is 0.0476. The van der Waals surface area contributed by atoms with Crippen LogP contribution in [-0.2, 0) is 12.8 Å². The number of carboxylic acids is 2. The number of aromatic carboxylic acids is 2. The fourth-order valence-corrected chi connectivity index (χ4v) is 6.24. The summed E-state index contributed by atoms with van der Waals surface area (Å²) in [4.78, 5) is 50.6. The second kappa shape index (κ2) is 15.8.